The second-order valence-electron chi connectivity index (χ2n) is 4.57. The Kier molecular flexibility index (Phi) is 5.33. The lowest BCUT2D eigenvalue weighted by Crippen LogP contribution is -2.24. The van der Waals surface area contributed by atoms with Gasteiger partial charge in [0.2, 0.25) is 5.91 Å². The molecule has 1 N–H and O–H groups in total. The third-order valence-corrected chi connectivity index (χ3v) is 3.99. The van der Waals surface area contributed by atoms with Gasteiger partial charge in [0.1, 0.15) is 0 Å². The lowest BCUT2D eigenvalue weighted by molar-refractivity contribution is -0.118. The maximum absolute atomic E-state index is 13.0. The smallest absolute Gasteiger partial charge is 0.230 e. The Morgan fingerprint density at radius 3 is 2.62 bits per heavy atom. The number of aryl methyl sites for hydroxylation is 1. The number of benzene rings is 2. The van der Waals surface area contributed by atoms with Crippen LogP contribution in [0.15, 0.2) is 47.4 Å². The van der Waals surface area contributed by atoms with Crippen molar-refractivity contribution in [2.24, 2.45) is 0 Å². The van der Waals surface area contributed by atoms with Gasteiger partial charge in [-0.1, -0.05) is 24.3 Å². The summed E-state index contributed by atoms with van der Waals surface area (Å²) in [7, 11) is 0. The molecule has 0 atom stereocenters. The molecule has 0 unspecified atom stereocenters. The van der Waals surface area contributed by atoms with E-state index in [0.717, 1.165) is 23.3 Å². The number of nitrogens with one attached hydrogen (secondary N) is 1. The number of rotatable bonds is 5. The fourth-order valence-electron chi connectivity index (χ4n) is 1.77. The van der Waals surface area contributed by atoms with Crippen molar-refractivity contribution in [3.05, 3.63) is 65.2 Å². The molecule has 0 fully saturated rings. The van der Waals surface area contributed by atoms with Crippen molar-refractivity contribution in [1.29, 1.82) is 0 Å². The van der Waals surface area contributed by atoms with Gasteiger partial charge in [0.25, 0.3) is 0 Å². The summed E-state index contributed by atoms with van der Waals surface area (Å²) in [5.74, 6) is -1.77. The predicted octanol–water partition coefficient (Wildman–Crippen LogP) is 3.68. The molecule has 2 rings (SSSR count). The second kappa shape index (κ2) is 7.22. The van der Waals surface area contributed by atoms with E-state index in [0.29, 0.717) is 11.4 Å². The molecule has 0 aromatic heterocycles. The van der Waals surface area contributed by atoms with E-state index in [4.69, 9.17) is 0 Å². The molecule has 0 heterocycles. The van der Waals surface area contributed by atoms with Crippen molar-refractivity contribution < 1.29 is 13.6 Å². The van der Waals surface area contributed by atoms with Gasteiger partial charge in [-0.15, -0.1) is 11.8 Å². The molecular weight excluding hydrogens is 292 g/mol. The summed E-state index contributed by atoms with van der Waals surface area (Å²) in [6.45, 7) is 2.45. The average molecular weight is 307 g/mol. The van der Waals surface area contributed by atoms with Gasteiger partial charge < -0.3 is 5.32 Å². The summed E-state index contributed by atoms with van der Waals surface area (Å²) >= 11 is 1.17. The van der Waals surface area contributed by atoms with Crippen LogP contribution >= 0.6 is 11.8 Å². The van der Waals surface area contributed by atoms with Crippen LogP contribution in [0.25, 0.3) is 0 Å². The van der Waals surface area contributed by atoms with E-state index in [9.17, 15) is 13.6 Å². The summed E-state index contributed by atoms with van der Waals surface area (Å²) in [4.78, 5) is 12.3. The zero-order valence-electron chi connectivity index (χ0n) is 11.5. The zero-order chi connectivity index (χ0) is 15.2. The van der Waals surface area contributed by atoms with E-state index in [1.165, 1.54) is 17.8 Å². The van der Waals surface area contributed by atoms with Crippen LogP contribution in [-0.4, -0.2) is 11.7 Å². The molecule has 5 heteroatoms. The van der Waals surface area contributed by atoms with Gasteiger partial charge in [0.15, 0.2) is 11.6 Å². The number of amides is 1. The SMILES string of the molecule is Cc1ccccc1CNC(=O)CSc1ccc(F)c(F)c1. The summed E-state index contributed by atoms with van der Waals surface area (Å²) in [5, 5.41) is 2.81. The monoisotopic (exact) mass is 307 g/mol. The fraction of sp³-hybridized carbons (Fsp3) is 0.188. The van der Waals surface area contributed by atoms with E-state index in [1.807, 2.05) is 31.2 Å². The number of hydrogen-bond donors (Lipinski definition) is 1. The van der Waals surface area contributed by atoms with Crippen molar-refractivity contribution in [1.82, 2.24) is 5.32 Å². The van der Waals surface area contributed by atoms with Crippen LogP contribution in [0.5, 0.6) is 0 Å². The van der Waals surface area contributed by atoms with Gasteiger partial charge in [-0.25, -0.2) is 8.78 Å². The van der Waals surface area contributed by atoms with E-state index in [-0.39, 0.29) is 11.7 Å². The molecule has 0 radical (unpaired) electrons. The Morgan fingerprint density at radius 2 is 1.90 bits per heavy atom. The van der Waals surface area contributed by atoms with Crippen LogP contribution < -0.4 is 5.32 Å². The minimum absolute atomic E-state index is 0.145. The van der Waals surface area contributed by atoms with Crippen LogP contribution in [-0.2, 0) is 11.3 Å². The molecule has 2 nitrogen and oxygen atoms in total. The highest BCUT2D eigenvalue weighted by Crippen LogP contribution is 2.20. The molecule has 0 aliphatic heterocycles. The first-order valence-electron chi connectivity index (χ1n) is 6.45. The van der Waals surface area contributed by atoms with Gasteiger partial charge in [0, 0.05) is 11.4 Å². The van der Waals surface area contributed by atoms with Gasteiger partial charge >= 0.3 is 0 Å². The van der Waals surface area contributed by atoms with Gasteiger partial charge in [-0.2, -0.15) is 0 Å². The normalized spacial score (nSPS) is 10.4. The molecule has 0 saturated heterocycles. The minimum Gasteiger partial charge on any atom is -0.351 e. The Hall–Kier alpha value is -1.88. The third kappa shape index (κ3) is 4.56. The van der Waals surface area contributed by atoms with E-state index < -0.39 is 11.6 Å². The summed E-state index contributed by atoms with van der Waals surface area (Å²) in [5.41, 5.74) is 2.18. The topological polar surface area (TPSA) is 29.1 Å². The second-order valence-corrected chi connectivity index (χ2v) is 5.62. The van der Waals surface area contributed by atoms with Gasteiger partial charge in [-0.3, -0.25) is 4.79 Å². The summed E-state index contributed by atoms with van der Waals surface area (Å²) in [6.07, 6.45) is 0. The number of thioether (sulfide) groups is 1. The van der Waals surface area contributed by atoms with Crippen LogP contribution in [0.1, 0.15) is 11.1 Å². The molecule has 2 aromatic rings. The highest BCUT2D eigenvalue weighted by molar-refractivity contribution is 8.00. The molecule has 1 amide bonds. The first kappa shape index (κ1) is 15.5. The maximum Gasteiger partial charge on any atom is 0.230 e. The fourth-order valence-corrected chi connectivity index (χ4v) is 2.52. The third-order valence-electron chi connectivity index (χ3n) is 3.00. The van der Waals surface area contributed by atoms with Crippen molar-refractivity contribution in [2.75, 3.05) is 5.75 Å². The molecule has 110 valence electrons. The van der Waals surface area contributed by atoms with Crippen molar-refractivity contribution in [3.8, 4) is 0 Å². The molecule has 0 bridgehead atoms. The van der Waals surface area contributed by atoms with Crippen LogP contribution in [0.2, 0.25) is 0 Å². The van der Waals surface area contributed by atoms with E-state index >= 15 is 0 Å². The molecule has 2 aromatic carbocycles. The average Bonchev–Trinajstić information content (AvgIpc) is 2.47. The molecule has 0 saturated carbocycles. The zero-order valence-corrected chi connectivity index (χ0v) is 12.3. The number of carbonyl (C=O) groups excluding carboxylic acids is 1. The largest absolute Gasteiger partial charge is 0.351 e. The first-order valence-corrected chi connectivity index (χ1v) is 7.44. The Labute approximate surface area is 126 Å². The molecule has 0 aliphatic rings. The maximum atomic E-state index is 13.0. The number of hydrogen-bond acceptors (Lipinski definition) is 2. The highest BCUT2D eigenvalue weighted by Gasteiger charge is 2.06. The molecule has 0 spiro atoms. The van der Waals surface area contributed by atoms with Crippen molar-refractivity contribution >= 4 is 17.7 Å². The predicted molar refractivity (Wildman–Crippen MR) is 80.1 cm³/mol. The summed E-state index contributed by atoms with van der Waals surface area (Å²) in [6, 6.07) is 11.4. The number of halogens is 2. The highest BCUT2D eigenvalue weighted by atomic mass is 32.2. The lowest BCUT2D eigenvalue weighted by atomic mass is 10.1. The molecule has 21 heavy (non-hydrogen) atoms. The molecule has 0 aliphatic carbocycles. The van der Waals surface area contributed by atoms with E-state index in [2.05, 4.69) is 5.32 Å². The quantitative estimate of drug-likeness (QED) is 0.854. The molecular formula is C16H15F2NOS. The minimum atomic E-state index is -0.902. The van der Waals surface area contributed by atoms with Crippen LogP contribution in [0.3, 0.4) is 0 Å². The van der Waals surface area contributed by atoms with Crippen LogP contribution in [0, 0.1) is 18.6 Å². The van der Waals surface area contributed by atoms with E-state index in [1.54, 1.807) is 0 Å². The van der Waals surface area contributed by atoms with Gasteiger partial charge in [0.05, 0.1) is 5.75 Å². The standard InChI is InChI=1S/C16H15F2NOS/c1-11-4-2-3-5-12(11)9-19-16(20)10-21-13-6-7-14(17)15(18)8-13/h2-8H,9-10H2,1H3,(H,19,20). The Morgan fingerprint density at radius 1 is 1.14 bits per heavy atom. The lowest BCUT2D eigenvalue weighted by Gasteiger charge is -2.08. The number of carbonyl (C=O) groups is 1. The van der Waals surface area contributed by atoms with Gasteiger partial charge in [-0.05, 0) is 36.2 Å². The first-order chi connectivity index (χ1) is 10.1. The van der Waals surface area contributed by atoms with Crippen molar-refractivity contribution in [3.63, 3.8) is 0 Å². The van der Waals surface area contributed by atoms with Crippen molar-refractivity contribution in [2.45, 2.75) is 18.4 Å². The summed E-state index contributed by atoms with van der Waals surface area (Å²) < 4.78 is 25.8. The van der Waals surface area contributed by atoms with Crippen LogP contribution in [0.4, 0.5) is 8.78 Å². The Bertz CT molecular complexity index is 646. The Balaban J connectivity index is 1.82.